The molecule has 1 saturated heterocycles. The maximum Gasteiger partial charge on any atom is 0.226 e. The van der Waals surface area contributed by atoms with Crippen LogP contribution in [0.4, 0.5) is 0 Å². The molecule has 1 aliphatic heterocycles. The molecule has 0 aromatic heterocycles. The van der Waals surface area contributed by atoms with Crippen LogP contribution >= 0.6 is 0 Å². The first-order valence-corrected chi connectivity index (χ1v) is 22.2. The summed E-state index contributed by atoms with van der Waals surface area (Å²) in [5.41, 5.74) is 1.39. The third-order valence-electron chi connectivity index (χ3n) is 12.9. The highest BCUT2D eigenvalue weighted by atomic mass is 16.5. The first-order valence-electron chi connectivity index (χ1n) is 22.2. The van der Waals surface area contributed by atoms with Gasteiger partial charge in [-0.15, -0.1) is 0 Å². The zero-order valence-electron chi connectivity index (χ0n) is 38.6. The molecule has 0 saturated carbocycles. The molecule has 0 spiro atoms. The Hall–Kier alpha value is -4.26. The maximum absolute atomic E-state index is 14.4. The molecular formula is C49H74N4O8. The summed E-state index contributed by atoms with van der Waals surface area (Å²) in [4.78, 5) is 86.2. The second kappa shape index (κ2) is 25.0. The number of amides is 3. The van der Waals surface area contributed by atoms with Crippen molar-refractivity contribution in [1.82, 2.24) is 20.4 Å². The van der Waals surface area contributed by atoms with E-state index in [0.29, 0.717) is 24.9 Å². The van der Waals surface area contributed by atoms with Crippen LogP contribution < -0.4 is 10.6 Å². The Morgan fingerprint density at radius 3 is 1.98 bits per heavy atom. The summed E-state index contributed by atoms with van der Waals surface area (Å²) in [5.74, 6) is -3.01. The third-order valence-corrected chi connectivity index (χ3v) is 12.9. The van der Waals surface area contributed by atoms with E-state index in [4.69, 9.17) is 9.47 Å². The fraction of sp³-hybridized carbons (Fsp3) is 0.633. The Balaban J connectivity index is 1.79. The average molecular weight is 847 g/mol. The third kappa shape index (κ3) is 14.1. The monoisotopic (exact) mass is 847 g/mol. The van der Waals surface area contributed by atoms with Gasteiger partial charge in [-0.1, -0.05) is 116 Å². The van der Waals surface area contributed by atoms with Gasteiger partial charge in [-0.3, -0.25) is 28.8 Å². The minimum Gasteiger partial charge on any atom is -0.379 e. The number of carbonyl (C=O) groups excluding carboxylic acids is 6. The van der Waals surface area contributed by atoms with Gasteiger partial charge >= 0.3 is 0 Å². The second-order valence-corrected chi connectivity index (χ2v) is 17.7. The van der Waals surface area contributed by atoms with Crippen molar-refractivity contribution in [3.8, 4) is 0 Å². The van der Waals surface area contributed by atoms with Gasteiger partial charge in [0.25, 0.3) is 0 Å². The molecule has 9 atom stereocenters. The van der Waals surface area contributed by atoms with Crippen molar-refractivity contribution in [2.75, 3.05) is 41.4 Å². The van der Waals surface area contributed by atoms with Crippen molar-refractivity contribution in [3.63, 3.8) is 0 Å². The predicted octanol–water partition coefficient (Wildman–Crippen LogP) is 6.20. The van der Waals surface area contributed by atoms with E-state index >= 15 is 0 Å². The molecule has 3 amide bonds. The Kier molecular flexibility index (Phi) is 20.9. The van der Waals surface area contributed by atoms with E-state index in [9.17, 15) is 28.8 Å². The molecule has 2 N–H and O–H groups in total. The van der Waals surface area contributed by atoms with Gasteiger partial charge < -0.3 is 29.9 Å². The van der Waals surface area contributed by atoms with Crippen LogP contribution in [-0.4, -0.2) is 117 Å². The van der Waals surface area contributed by atoms with E-state index < -0.39 is 42.0 Å². The van der Waals surface area contributed by atoms with E-state index in [1.807, 2.05) is 71.0 Å². The molecule has 338 valence electrons. The van der Waals surface area contributed by atoms with Crippen LogP contribution in [0.3, 0.4) is 0 Å². The largest absolute Gasteiger partial charge is 0.379 e. The van der Waals surface area contributed by atoms with Crippen LogP contribution in [0.15, 0.2) is 60.7 Å². The van der Waals surface area contributed by atoms with Crippen molar-refractivity contribution in [2.24, 2.45) is 35.5 Å². The minimum atomic E-state index is -0.729. The van der Waals surface area contributed by atoms with Gasteiger partial charge in [0.05, 0.1) is 43.3 Å². The van der Waals surface area contributed by atoms with Crippen LogP contribution in [-0.2, 0) is 39.9 Å². The summed E-state index contributed by atoms with van der Waals surface area (Å²) in [5, 5.41) is 5.89. The Morgan fingerprint density at radius 1 is 0.820 bits per heavy atom. The zero-order valence-corrected chi connectivity index (χ0v) is 38.6. The number of ketones is 3. The lowest BCUT2D eigenvalue weighted by Gasteiger charge is -2.41. The molecule has 0 bridgehead atoms. The summed E-state index contributed by atoms with van der Waals surface area (Å²) < 4.78 is 12.1. The van der Waals surface area contributed by atoms with Gasteiger partial charge in [0.15, 0.2) is 11.6 Å². The van der Waals surface area contributed by atoms with E-state index in [-0.39, 0.29) is 84.7 Å². The number of rotatable bonds is 26. The summed E-state index contributed by atoms with van der Waals surface area (Å²) in [6.07, 6.45) is 1.21. The Bertz CT molecular complexity index is 1720. The van der Waals surface area contributed by atoms with Gasteiger partial charge in [-0.05, 0) is 49.6 Å². The number of benzene rings is 2. The number of nitrogens with one attached hydrogen (secondary N) is 2. The number of hydrogen-bond donors (Lipinski definition) is 2. The van der Waals surface area contributed by atoms with Crippen LogP contribution in [0.5, 0.6) is 0 Å². The highest BCUT2D eigenvalue weighted by Crippen LogP contribution is 2.32. The number of likely N-dealkylation sites (tertiary alicyclic amines) is 1. The van der Waals surface area contributed by atoms with Crippen LogP contribution in [0.2, 0.25) is 0 Å². The normalized spacial score (nSPS) is 18.1. The molecule has 0 unspecified atom stereocenters. The average Bonchev–Trinajstić information content (AvgIpc) is 3.74. The van der Waals surface area contributed by atoms with Gasteiger partial charge in [-0.25, -0.2) is 0 Å². The van der Waals surface area contributed by atoms with Crippen molar-refractivity contribution >= 4 is 35.1 Å². The molecular weight excluding hydrogens is 773 g/mol. The number of methoxy groups -OCH3 is 2. The lowest BCUT2D eigenvalue weighted by Crippen LogP contribution is -2.54. The number of likely N-dealkylation sites (N-methyl/N-ethyl adjacent to an activating group) is 2. The maximum atomic E-state index is 14.4. The van der Waals surface area contributed by atoms with Crippen LogP contribution in [0.1, 0.15) is 103 Å². The summed E-state index contributed by atoms with van der Waals surface area (Å²) >= 11 is 0. The topological polar surface area (TPSA) is 151 Å². The summed E-state index contributed by atoms with van der Waals surface area (Å²) in [7, 11) is 6.63. The fourth-order valence-corrected chi connectivity index (χ4v) is 9.04. The molecule has 61 heavy (non-hydrogen) atoms. The van der Waals surface area contributed by atoms with Gasteiger partial charge in [-0.2, -0.15) is 0 Å². The lowest BCUT2D eigenvalue weighted by molar-refractivity contribution is -0.149. The first-order chi connectivity index (χ1) is 29.0. The zero-order chi connectivity index (χ0) is 45.4. The summed E-state index contributed by atoms with van der Waals surface area (Å²) in [6.45, 7) is 14.1. The van der Waals surface area contributed by atoms with Crippen molar-refractivity contribution in [2.45, 2.75) is 124 Å². The number of ether oxygens (including phenoxy) is 2. The molecule has 1 fully saturated rings. The molecule has 12 nitrogen and oxygen atoms in total. The van der Waals surface area contributed by atoms with Gasteiger partial charge in [0.2, 0.25) is 17.7 Å². The van der Waals surface area contributed by atoms with E-state index in [1.54, 1.807) is 69.3 Å². The number of carbonyl (C=O) groups is 6. The SMILES string of the molecule is CC[C@H](C)[C@@H]([C@@H](CC(=O)N1CCC[C@H]1[C@H](OC)[C@@H](C)C(=O)C[C@@H](Cc1ccccc1)C(=O)NCC(=O)c1ccccc1)OC)N(C)C(=O)[C@@H](CC(=O)[C@@H](NC)C(C)C)C(C)C. The fourth-order valence-electron chi connectivity index (χ4n) is 9.04. The van der Waals surface area contributed by atoms with Crippen LogP contribution in [0, 0.1) is 35.5 Å². The van der Waals surface area contributed by atoms with Crippen molar-refractivity contribution in [3.05, 3.63) is 71.8 Å². The van der Waals surface area contributed by atoms with Crippen molar-refractivity contribution in [1.29, 1.82) is 0 Å². The number of nitrogens with zero attached hydrogens (tertiary/aromatic N) is 2. The molecule has 2 aromatic carbocycles. The Morgan fingerprint density at radius 2 is 1.44 bits per heavy atom. The van der Waals surface area contributed by atoms with Crippen LogP contribution in [0.25, 0.3) is 0 Å². The molecule has 2 aromatic rings. The molecule has 1 heterocycles. The van der Waals surface area contributed by atoms with E-state index in [1.165, 1.54) is 0 Å². The summed E-state index contributed by atoms with van der Waals surface area (Å²) in [6, 6.07) is 17.0. The molecule has 1 aliphatic rings. The molecule has 0 aliphatic carbocycles. The molecule has 12 heteroatoms. The highest BCUT2D eigenvalue weighted by molar-refractivity contribution is 6.00. The van der Waals surface area contributed by atoms with E-state index in [0.717, 1.165) is 18.4 Å². The first kappa shape index (κ1) is 51.1. The predicted molar refractivity (Wildman–Crippen MR) is 239 cm³/mol. The molecule has 0 radical (unpaired) electrons. The smallest absolute Gasteiger partial charge is 0.226 e. The minimum absolute atomic E-state index is 0.00213. The van der Waals surface area contributed by atoms with E-state index in [2.05, 4.69) is 17.6 Å². The molecule has 3 rings (SSSR count). The number of Topliss-reactive ketones (excluding diaryl/α,β-unsaturated/α-hetero) is 3. The van der Waals surface area contributed by atoms with Gasteiger partial charge in [0.1, 0.15) is 5.78 Å². The number of hydrogen-bond acceptors (Lipinski definition) is 9. The van der Waals surface area contributed by atoms with Crippen molar-refractivity contribution < 1.29 is 38.2 Å². The second-order valence-electron chi connectivity index (χ2n) is 17.7. The quantitative estimate of drug-likeness (QED) is 0.106. The lowest BCUT2D eigenvalue weighted by atomic mass is 9.84. The highest BCUT2D eigenvalue weighted by Gasteiger charge is 2.43. The van der Waals surface area contributed by atoms with Gasteiger partial charge in [0, 0.05) is 64.0 Å². The Labute approximate surface area is 365 Å². The standard InChI is InChI=1S/C49H74N4O8/c1-12-33(6)46(52(9)49(59)38(31(2)3)28-41(55)45(50-8)32(4)5)43(60-10)29-44(57)53-25-19-24-39(53)47(61-11)34(7)40(54)27-37(26-35-20-15-13-16-21-35)48(58)51-30-42(56)36-22-17-14-18-23-36/h13-18,20-23,31-34,37-39,43,45-47,50H,12,19,24-30H2,1-11H3,(H,51,58)/t33-,34-,37+,38-,39-,43+,45-,46-,47+/m0/s1.